The number of benzene rings is 1. The minimum Gasteiger partial charge on any atom is -0.308 e. The Morgan fingerprint density at radius 1 is 1.26 bits per heavy atom. The van der Waals surface area contributed by atoms with Crippen LogP contribution in [0, 0.1) is 0 Å². The van der Waals surface area contributed by atoms with Crippen LogP contribution < -0.4 is 10.9 Å². The molecule has 1 N–H and O–H groups in total. The van der Waals surface area contributed by atoms with Gasteiger partial charge in [0.05, 0.1) is 16.9 Å². The predicted octanol–water partition coefficient (Wildman–Crippen LogP) is 4.30. The minimum atomic E-state index is 0.00352. The summed E-state index contributed by atoms with van der Waals surface area (Å²) in [5.41, 5.74) is 0.672. The Kier molecular flexibility index (Phi) is 6.60. The molecule has 0 unspecified atom stereocenters. The summed E-state index contributed by atoms with van der Waals surface area (Å²) in [4.78, 5) is 17.4. The molecule has 126 valence electrons. The van der Waals surface area contributed by atoms with E-state index in [1.165, 1.54) is 19.3 Å². The molecule has 1 aromatic carbocycles. The highest BCUT2D eigenvalue weighted by molar-refractivity contribution is 6.31. The van der Waals surface area contributed by atoms with Crippen molar-refractivity contribution in [3.63, 3.8) is 0 Å². The molecule has 0 spiro atoms. The summed E-state index contributed by atoms with van der Waals surface area (Å²) >= 11 is 6.04. The van der Waals surface area contributed by atoms with Crippen molar-refractivity contribution in [2.45, 2.75) is 59.0 Å². The first-order valence-corrected chi connectivity index (χ1v) is 8.89. The number of rotatable bonds is 8. The number of unbranched alkanes of at least 4 members (excludes halogenated alkanes) is 3. The summed E-state index contributed by atoms with van der Waals surface area (Å²) in [7, 11) is 0. The van der Waals surface area contributed by atoms with Crippen molar-refractivity contribution < 1.29 is 0 Å². The summed E-state index contributed by atoms with van der Waals surface area (Å²) in [6.45, 7) is 7.79. The van der Waals surface area contributed by atoms with Crippen molar-refractivity contribution in [2.24, 2.45) is 0 Å². The Bertz CT molecular complexity index is 711. The summed E-state index contributed by atoms with van der Waals surface area (Å²) in [6.07, 6.45) is 4.88. The molecule has 23 heavy (non-hydrogen) atoms. The van der Waals surface area contributed by atoms with Crippen molar-refractivity contribution in [3.8, 4) is 0 Å². The van der Waals surface area contributed by atoms with E-state index in [4.69, 9.17) is 16.6 Å². The number of nitrogens with zero attached hydrogens (tertiary/aromatic N) is 2. The first-order chi connectivity index (χ1) is 11.1. The highest BCUT2D eigenvalue weighted by Crippen LogP contribution is 2.18. The molecule has 1 aromatic heterocycles. The Hall–Kier alpha value is -1.39. The molecular weight excluding hydrogens is 310 g/mol. The van der Waals surface area contributed by atoms with Crippen LogP contribution in [0.4, 0.5) is 0 Å². The second kappa shape index (κ2) is 8.46. The lowest BCUT2D eigenvalue weighted by atomic mass is 10.2. The van der Waals surface area contributed by atoms with E-state index in [0.29, 0.717) is 22.5 Å². The molecule has 1 heterocycles. The van der Waals surface area contributed by atoms with Gasteiger partial charge in [0, 0.05) is 11.6 Å². The summed E-state index contributed by atoms with van der Waals surface area (Å²) in [6, 6.07) is 5.29. The zero-order valence-electron chi connectivity index (χ0n) is 14.2. The molecule has 0 bridgehead atoms. The molecule has 0 amide bonds. The number of nitrogens with one attached hydrogen (secondary N) is 1. The van der Waals surface area contributed by atoms with Crippen LogP contribution in [-0.4, -0.2) is 16.1 Å². The van der Waals surface area contributed by atoms with E-state index in [1.807, 2.05) is 6.92 Å². The zero-order valence-corrected chi connectivity index (χ0v) is 15.0. The van der Waals surface area contributed by atoms with Crippen LogP contribution in [0.1, 0.15) is 58.3 Å². The number of fused-ring (bicyclic) bond motifs is 1. The highest BCUT2D eigenvalue weighted by Gasteiger charge is 2.15. The average Bonchev–Trinajstić information content (AvgIpc) is 2.54. The smallest absolute Gasteiger partial charge is 0.261 e. The van der Waals surface area contributed by atoms with Crippen LogP contribution in [0.2, 0.25) is 5.02 Å². The molecule has 0 saturated heterocycles. The molecule has 0 aliphatic carbocycles. The molecule has 0 aliphatic heterocycles. The van der Waals surface area contributed by atoms with E-state index >= 15 is 0 Å². The topological polar surface area (TPSA) is 46.9 Å². The molecule has 0 fully saturated rings. The summed E-state index contributed by atoms with van der Waals surface area (Å²) in [5, 5.41) is 4.71. The summed E-state index contributed by atoms with van der Waals surface area (Å²) in [5.74, 6) is 0.780. The Balaban J connectivity index is 2.26. The van der Waals surface area contributed by atoms with Gasteiger partial charge in [0.2, 0.25) is 0 Å². The van der Waals surface area contributed by atoms with E-state index in [1.54, 1.807) is 22.8 Å². The van der Waals surface area contributed by atoms with Gasteiger partial charge < -0.3 is 5.32 Å². The van der Waals surface area contributed by atoms with Gasteiger partial charge in [-0.15, -0.1) is 0 Å². The van der Waals surface area contributed by atoms with E-state index in [-0.39, 0.29) is 11.6 Å². The maximum Gasteiger partial charge on any atom is 0.261 e. The molecule has 4 nitrogen and oxygen atoms in total. The van der Waals surface area contributed by atoms with Gasteiger partial charge in [-0.1, -0.05) is 37.8 Å². The second-order valence-corrected chi connectivity index (χ2v) is 6.35. The van der Waals surface area contributed by atoms with Gasteiger partial charge in [-0.2, -0.15) is 0 Å². The predicted molar refractivity (Wildman–Crippen MR) is 97.2 cm³/mol. The lowest BCUT2D eigenvalue weighted by molar-refractivity contribution is 0.489. The molecule has 2 aromatic rings. The van der Waals surface area contributed by atoms with Crippen LogP contribution in [0.15, 0.2) is 23.0 Å². The first kappa shape index (κ1) is 18.0. The number of halogens is 1. The average molecular weight is 336 g/mol. The van der Waals surface area contributed by atoms with Crippen molar-refractivity contribution >= 4 is 22.5 Å². The lowest BCUT2D eigenvalue weighted by Gasteiger charge is -2.18. The van der Waals surface area contributed by atoms with Gasteiger partial charge in [-0.3, -0.25) is 9.36 Å². The van der Waals surface area contributed by atoms with Gasteiger partial charge in [0.15, 0.2) is 0 Å². The van der Waals surface area contributed by atoms with E-state index < -0.39 is 0 Å². The number of hydrogen-bond donors (Lipinski definition) is 1. The van der Waals surface area contributed by atoms with E-state index in [0.717, 1.165) is 18.8 Å². The monoisotopic (exact) mass is 335 g/mol. The van der Waals surface area contributed by atoms with Gasteiger partial charge in [-0.05, 0) is 45.0 Å². The third-order valence-electron chi connectivity index (χ3n) is 4.13. The van der Waals surface area contributed by atoms with Crippen molar-refractivity contribution in [1.29, 1.82) is 0 Å². The quantitative estimate of drug-likeness (QED) is 0.731. The fourth-order valence-corrected chi connectivity index (χ4v) is 2.98. The first-order valence-electron chi connectivity index (χ1n) is 8.51. The van der Waals surface area contributed by atoms with Crippen molar-refractivity contribution in [2.75, 3.05) is 6.54 Å². The maximum atomic E-state index is 12.7. The number of aromatic nitrogens is 2. The molecule has 1 atom stereocenters. The third kappa shape index (κ3) is 4.33. The maximum absolute atomic E-state index is 12.7. The Labute approximate surface area is 142 Å². The second-order valence-electron chi connectivity index (χ2n) is 5.92. The number of hydrogen-bond acceptors (Lipinski definition) is 3. The minimum absolute atomic E-state index is 0.00352. The lowest BCUT2D eigenvalue weighted by Crippen LogP contribution is -2.31. The van der Waals surface area contributed by atoms with Crippen molar-refractivity contribution in [3.05, 3.63) is 39.4 Å². The Morgan fingerprint density at radius 2 is 2.04 bits per heavy atom. The third-order valence-corrected chi connectivity index (χ3v) is 4.37. The SMILES string of the molecule is CCCCCCN[C@H](C)c1nc2cc(Cl)ccc2c(=O)n1CC. The van der Waals surface area contributed by atoms with Gasteiger partial charge in [0.1, 0.15) is 5.82 Å². The van der Waals surface area contributed by atoms with Crippen molar-refractivity contribution in [1.82, 2.24) is 14.9 Å². The van der Waals surface area contributed by atoms with Crippen LogP contribution in [0.25, 0.3) is 10.9 Å². The van der Waals surface area contributed by atoms with Gasteiger partial charge in [0.25, 0.3) is 5.56 Å². The molecule has 5 heteroatoms. The van der Waals surface area contributed by atoms with Crippen LogP contribution in [0.5, 0.6) is 0 Å². The molecular formula is C18H26ClN3O. The molecule has 0 radical (unpaired) electrons. The zero-order chi connectivity index (χ0) is 16.8. The normalized spacial score (nSPS) is 12.7. The largest absolute Gasteiger partial charge is 0.308 e. The van der Waals surface area contributed by atoms with Gasteiger partial charge >= 0.3 is 0 Å². The molecule has 0 aliphatic rings. The van der Waals surface area contributed by atoms with Crippen LogP contribution in [0.3, 0.4) is 0 Å². The molecule has 0 saturated carbocycles. The fourth-order valence-electron chi connectivity index (χ4n) is 2.81. The Morgan fingerprint density at radius 3 is 2.74 bits per heavy atom. The standard InChI is InChI=1S/C18H26ClN3O/c1-4-6-7-8-11-20-13(3)17-21-16-12-14(19)9-10-15(16)18(23)22(17)5-2/h9-10,12-13,20H,4-8,11H2,1-3H3/t13-/m1/s1. The van der Waals surface area contributed by atoms with Gasteiger partial charge in [-0.25, -0.2) is 4.98 Å². The molecule has 2 rings (SSSR count). The van der Waals surface area contributed by atoms with Crippen LogP contribution >= 0.6 is 11.6 Å². The highest BCUT2D eigenvalue weighted by atomic mass is 35.5. The van der Waals surface area contributed by atoms with E-state index in [2.05, 4.69) is 19.2 Å². The van der Waals surface area contributed by atoms with E-state index in [9.17, 15) is 4.79 Å². The fraction of sp³-hybridized carbons (Fsp3) is 0.556. The summed E-state index contributed by atoms with van der Waals surface area (Å²) < 4.78 is 1.75. The van der Waals surface area contributed by atoms with Crippen LogP contribution in [-0.2, 0) is 6.54 Å².